The van der Waals surface area contributed by atoms with Gasteiger partial charge in [0.1, 0.15) is 5.54 Å². The number of nitriles is 1. The summed E-state index contributed by atoms with van der Waals surface area (Å²) < 4.78 is 0. The predicted octanol–water partition coefficient (Wildman–Crippen LogP) is 3.24. The van der Waals surface area contributed by atoms with Crippen molar-refractivity contribution in [3.8, 4) is 6.07 Å². The van der Waals surface area contributed by atoms with Crippen LogP contribution in [-0.2, 0) is 0 Å². The molecule has 0 radical (unpaired) electrons. The molecule has 0 saturated heterocycles. The van der Waals surface area contributed by atoms with Crippen LogP contribution >= 0.6 is 11.8 Å². The third-order valence-corrected chi connectivity index (χ3v) is 4.94. The number of thioether (sulfide) groups is 1. The molecule has 2 rings (SSSR count). The Balaban J connectivity index is 1.87. The minimum atomic E-state index is -0.270. The van der Waals surface area contributed by atoms with Crippen molar-refractivity contribution in [1.82, 2.24) is 10.3 Å². The number of rotatable bonds is 6. The first-order chi connectivity index (χ1) is 9.30. The molecule has 19 heavy (non-hydrogen) atoms. The van der Waals surface area contributed by atoms with Gasteiger partial charge >= 0.3 is 0 Å². The van der Waals surface area contributed by atoms with Crippen LogP contribution in [0.25, 0.3) is 0 Å². The van der Waals surface area contributed by atoms with Gasteiger partial charge in [0.25, 0.3) is 0 Å². The van der Waals surface area contributed by atoms with E-state index in [4.69, 9.17) is 0 Å². The lowest BCUT2D eigenvalue weighted by atomic mass is 9.86. The summed E-state index contributed by atoms with van der Waals surface area (Å²) in [6.45, 7) is 2.96. The molecule has 2 atom stereocenters. The lowest BCUT2D eigenvalue weighted by Gasteiger charge is -2.29. The quantitative estimate of drug-likeness (QED) is 0.810. The summed E-state index contributed by atoms with van der Waals surface area (Å²) >= 11 is 1.86. The topological polar surface area (TPSA) is 48.7 Å². The summed E-state index contributed by atoms with van der Waals surface area (Å²) in [7, 11) is 0. The third kappa shape index (κ3) is 3.49. The van der Waals surface area contributed by atoms with E-state index in [9.17, 15) is 5.26 Å². The minimum absolute atomic E-state index is 0.270. The van der Waals surface area contributed by atoms with E-state index in [0.29, 0.717) is 5.92 Å². The maximum Gasteiger partial charge on any atom is 0.109 e. The van der Waals surface area contributed by atoms with Crippen molar-refractivity contribution in [2.24, 2.45) is 5.92 Å². The van der Waals surface area contributed by atoms with E-state index in [1.54, 1.807) is 0 Å². The Kier molecular flexibility index (Phi) is 5.24. The number of pyridine rings is 1. The molecule has 0 bridgehead atoms. The maximum atomic E-state index is 9.51. The van der Waals surface area contributed by atoms with Crippen LogP contribution < -0.4 is 5.32 Å². The zero-order valence-electron chi connectivity index (χ0n) is 11.4. The molecule has 1 N–H and O–H groups in total. The van der Waals surface area contributed by atoms with Crippen LogP contribution in [0.1, 0.15) is 32.6 Å². The Morgan fingerprint density at radius 1 is 1.53 bits per heavy atom. The van der Waals surface area contributed by atoms with E-state index in [0.717, 1.165) is 25.1 Å². The van der Waals surface area contributed by atoms with E-state index in [1.165, 1.54) is 17.7 Å². The average Bonchev–Trinajstić information content (AvgIpc) is 2.84. The number of hydrogen-bond donors (Lipinski definition) is 1. The van der Waals surface area contributed by atoms with Crippen molar-refractivity contribution in [2.45, 2.75) is 43.0 Å². The summed E-state index contributed by atoms with van der Waals surface area (Å²) in [5.41, 5.74) is -0.270. The number of nitrogens with one attached hydrogen (secondary N) is 1. The Labute approximate surface area is 119 Å². The number of nitrogens with zero attached hydrogens (tertiary/aromatic N) is 2. The van der Waals surface area contributed by atoms with Crippen LogP contribution in [0.4, 0.5) is 0 Å². The third-order valence-electron chi connectivity index (χ3n) is 3.90. The van der Waals surface area contributed by atoms with Gasteiger partial charge in [0.2, 0.25) is 0 Å². The number of aromatic nitrogens is 1. The fraction of sp³-hybridized carbons (Fsp3) is 0.600. The highest BCUT2D eigenvalue weighted by Crippen LogP contribution is 2.38. The van der Waals surface area contributed by atoms with Gasteiger partial charge in [-0.1, -0.05) is 13.3 Å². The van der Waals surface area contributed by atoms with Gasteiger partial charge in [-0.25, -0.2) is 0 Å². The molecule has 2 unspecified atom stereocenters. The van der Waals surface area contributed by atoms with Gasteiger partial charge in [0.15, 0.2) is 0 Å². The van der Waals surface area contributed by atoms with Crippen molar-refractivity contribution >= 4 is 11.8 Å². The second-order valence-corrected chi connectivity index (χ2v) is 6.19. The fourth-order valence-electron chi connectivity index (χ4n) is 2.96. The molecule has 1 aromatic heterocycles. The molecule has 1 aliphatic carbocycles. The van der Waals surface area contributed by atoms with E-state index in [-0.39, 0.29) is 5.54 Å². The molecule has 1 aliphatic rings. The first-order valence-electron chi connectivity index (χ1n) is 7.00. The summed E-state index contributed by atoms with van der Waals surface area (Å²) in [4.78, 5) is 5.29. The minimum Gasteiger partial charge on any atom is -0.299 e. The standard InChI is InChI=1S/C15H21N3S/c1-2-18-15(12-16)8-3-4-13(15)7-11-19-14-5-9-17-10-6-14/h5-6,9-10,13,18H,2-4,7-8,11H2,1H3. The van der Waals surface area contributed by atoms with Crippen LogP contribution in [0, 0.1) is 17.2 Å². The lowest BCUT2D eigenvalue weighted by molar-refractivity contribution is 0.317. The predicted molar refractivity (Wildman–Crippen MR) is 78.9 cm³/mol. The maximum absolute atomic E-state index is 9.51. The van der Waals surface area contributed by atoms with Crippen molar-refractivity contribution < 1.29 is 0 Å². The Bertz CT molecular complexity index is 429. The molecule has 3 nitrogen and oxygen atoms in total. The van der Waals surface area contributed by atoms with Gasteiger partial charge in [-0.15, -0.1) is 11.8 Å². The summed E-state index contributed by atoms with van der Waals surface area (Å²) in [6, 6.07) is 6.63. The van der Waals surface area contributed by atoms with Crippen LogP contribution in [0.5, 0.6) is 0 Å². The van der Waals surface area contributed by atoms with Gasteiger partial charge in [0, 0.05) is 17.3 Å². The van der Waals surface area contributed by atoms with Gasteiger partial charge in [-0.2, -0.15) is 5.26 Å². The van der Waals surface area contributed by atoms with Gasteiger partial charge in [0.05, 0.1) is 6.07 Å². The molecule has 1 heterocycles. The summed E-state index contributed by atoms with van der Waals surface area (Å²) in [5.74, 6) is 1.57. The van der Waals surface area contributed by atoms with Crippen molar-refractivity contribution in [1.29, 1.82) is 5.26 Å². The van der Waals surface area contributed by atoms with E-state index in [1.807, 2.05) is 36.3 Å². The molecule has 1 saturated carbocycles. The van der Waals surface area contributed by atoms with Crippen molar-refractivity contribution in [3.63, 3.8) is 0 Å². The Morgan fingerprint density at radius 3 is 3.00 bits per heavy atom. The molecular formula is C15H21N3S. The average molecular weight is 275 g/mol. The molecule has 1 fully saturated rings. The van der Waals surface area contributed by atoms with Gasteiger partial charge in [-0.05, 0) is 49.6 Å². The monoisotopic (exact) mass is 275 g/mol. The zero-order chi connectivity index (χ0) is 13.6. The van der Waals surface area contributed by atoms with Crippen molar-refractivity contribution in [3.05, 3.63) is 24.5 Å². The Hall–Kier alpha value is -1.05. The Morgan fingerprint density at radius 2 is 2.32 bits per heavy atom. The van der Waals surface area contributed by atoms with E-state index < -0.39 is 0 Å². The highest BCUT2D eigenvalue weighted by molar-refractivity contribution is 7.99. The van der Waals surface area contributed by atoms with Crippen LogP contribution in [0.2, 0.25) is 0 Å². The second-order valence-electron chi connectivity index (χ2n) is 5.02. The van der Waals surface area contributed by atoms with Crippen LogP contribution in [0.15, 0.2) is 29.4 Å². The first-order valence-corrected chi connectivity index (χ1v) is 7.98. The molecule has 0 aromatic carbocycles. The smallest absolute Gasteiger partial charge is 0.109 e. The van der Waals surface area contributed by atoms with Crippen LogP contribution in [-0.4, -0.2) is 22.8 Å². The summed E-state index contributed by atoms with van der Waals surface area (Å²) in [6.07, 6.45) is 8.12. The highest BCUT2D eigenvalue weighted by atomic mass is 32.2. The molecule has 0 spiro atoms. The molecule has 0 aliphatic heterocycles. The fourth-order valence-corrected chi connectivity index (χ4v) is 3.91. The summed E-state index contributed by atoms with van der Waals surface area (Å²) in [5, 5.41) is 12.9. The molecule has 0 amide bonds. The molecule has 4 heteroatoms. The SMILES string of the molecule is CCNC1(C#N)CCCC1CCSc1ccncc1. The lowest BCUT2D eigenvalue weighted by Crippen LogP contribution is -2.47. The van der Waals surface area contributed by atoms with E-state index >= 15 is 0 Å². The van der Waals surface area contributed by atoms with Gasteiger partial charge in [-0.3, -0.25) is 10.3 Å². The normalized spacial score (nSPS) is 26.2. The highest BCUT2D eigenvalue weighted by Gasteiger charge is 2.41. The van der Waals surface area contributed by atoms with Crippen molar-refractivity contribution in [2.75, 3.05) is 12.3 Å². The van der Waals surface area contributed by atoms with E-state index in [2.05, 4.69) is 23.3 Å². The number of hydrogen-bond acceptors (Lipinski definition) is 4. The largest absolute Gasteiger partial charge is 0.299 e. The molecule has 1 aromatic rings. The van der Waals surface area contributed by atoms with Gasteiger partial charge < -0.3 is 0 Å². The second kappa shape index (κ2) is 6.93. The molecule has 102 valence electrons. The van der Waals surface area contributed by atoms with Crippen LogP contribution in [0.3, 0.4) is 0 Å². The first kappa shape index (κ1) is 14.4. The zero-order valence-corrected chi connectivity index (χ0v) is 12.2. The molecular weight excluding hydrogens is 254 g/mol.